The number of aromatic carboxylic acids is 1. The second-order valence-corrected chi connectivity index (χ2v) is 19.0. The number of carbonyl (C=O) groups excluding carboxylic acids is 3. The van der Waals surface area contributed by atoms with Crippen LogP contribution in [0, 0.1) is 22.7 Å². The summed E-state index contributed by atoms with van der Waals surface area (Å²) in [7, 11) is -8.25. The number of benzene rings is 5. The van der Waals surface area contributed by atoms with E-state index in [1.807, 2.05) is 12.1 Å². The smallest absolute Gasteiger partial charge is 0.340 e. The Kier molecular flexibility index (Phi) is 17.8. The molecule has 24 nitrogen and oxygen atoms in total. The van der Waals surface area contributed by atoms with Crippen LogP contribution in [0.1, 0.15) is 58.4 Å². The van der Waals surface area contributed by atoms with Gasteiger partial charge < -0.3 is 49.9 Å². The third-order valence-corrected chi connectivity index (χ3v) is 14.2. The number of carboxylic acid groups (broad SMARTS) is 1. The Morgan fingerprint density at radius 1 is 0.589 bits per heavy atom. The fourth-order valence-corrected chi connectivity index (χ4v) is 9.79. The van der Waals surface area contributed by atoms with E-state index in [4.69, 9.17) is 29.3 Å². The molecule has 73 heavy (non-hydrogen) atoms. The lowest BCUT2D eigenvalue weighted by atomic mass is 10.1. The first-order chi connectivity index (χ1) is 35.0. The number of hydrogen-bond acceptors (Lipinski definition) is 19. The molecule has 0 aliphatic heterocycles. The minimum atomic E-state index is -4.13. The van der Waals surface area contributed by atoms with Gasteiger partial charge in [-0.15, -0.1) is 0 Å². The average Bonchev–Trinajstić information content (AvgIpc) is 4.03. The van der Waals surface area contributed by atoms with Gasteiger partial charge in [-0.05, 0) is 78.4 Å². The van der Waals surface area contributed by atoms with Crippen LogP contribution in [0.3, 0.4) is 0 Å². The first-order valence-corrected chi connectivity index (χ1v) is 24.3. The fraction of sp³-hybridized carbons (Fsp3) is 0.191. The Morgan fingerprint density at radius 2 is 1.01 bits per heavy atom. The monoisotopic (exact) mass is 1040 g/mol. The summed E-state index contributed by atoms with van der Waals surface area (Å²) < 4.78 is 69.4. The lowest BCUT2D eigenvalue weighted by Crippen LogP contribution is -2.35. The van der Waals surface area contributed by atoms with Crippen LogP contribution in [0.25, 0.3) is 21.9 Å². The number of ether oxygens (including phenoxy) is 1. The van der Waals surface area contributed by atoms with Crippen molar-refractivity contribution >= 4 is 77.1 Å². The van der Waals surface area contributed by atoms with Gasteiger partial charge in [0.15, 0.2) is 22.6 Å². The molecule has 2 heterocycles. The predicted octanol–water partition coefficient (Wildman–Crippen LogP) is 2.91. The van der Waals surface area contributed by atoms with E-state index in [0.717, 1.165) is 26.3 Å². The molecule has 0 spiro atoms. The summed E-state index contributed by atoms with van der Waals surface area (Å²) in [6.45, 7) is -2.81. The molecule has 378 valence electrons. The molecule has 7 rings (SSSR count). The number of aliphatic hydroxyl groups excluding tert-OH is 4. The van der Waals surface area contributed by atoms with E-state index < -0.39 is 70.2 Å². The van der Waals surface area contributed by atoms with E-state index in [1.165, 1.54) is 60.7 Å². The van der Waals surface area contributed by atoms with E-state index in [9.17, 15) is 56.6 Å². The molecule has 5 aromatic carbocycles. The summed E-state index contributed by atoms with van der Waals surface area (Å²) in [4.78, 5) is 50.0. The molecule has 0 aliphatic rings. The lowest BCUT2D eigenvalue weighted by Gasteiger charge is -2.20. The van der Waals surface area contributed by atoms with Crippen LogP contribution < -0.4 is 10.6 Å². The van der Waals surface area contributed by atoms with Crippen LogP contribution in [0.4, 0.5) is 11.4 Å². The molecule has 0 unspecified atom stereocenters. The largest absolute Gasteiger partial charge is 0.478 e. The Bertz CT molecular complexity index is 3490. The third-order valence-electron chi connectivity index (χ3n) is 10.4. The van der Waals surface area contributed by atoms with Crippen molar-refractivity contribution in [3.05, 3.63) is 142 Å². The van der Waals surface area contributed by atoms with Gasteiger partial charge >= 0.3 is 11.9 Å². The van der Waals surface area contributed by atoms with Gasteiger partial charge in [0.1, 0.15) is 6.61 Å². The zero-order chi connectivity index (χ0) is 52.9. The van der Waals surface area contributed by atoms with Crippen molar-refractivity contribution in [3.8, 4) is 12.1 Å². The van der Waals surface area contributed by atoms with Crippen molar-refractivity contribution < 1.29 is 75.3 Å². The van der Waals surface area contributed by atoms with E-state index >= 15 is 0 Å². The Hall–Kier alpha value is -8.44. The quantitative estimate of drug-likeness (QED) is 0.0540. The van der Waals surface area contributed by atoms with Crippen LogP contribution in [-0.4, -0.2) is 138 Å². The molecule has 0 fully saturated rings. The Morgan fingerprint density at radius 3 is 1.42 bits per heavy atom. The molecule has 7 N–H and O–H groups in total. The summed E-state index contributed by atoms with van der Waals surface area (Å²) in [5, 5.41) is 76.9. The first-order valence-electron chi connectivity index (χ1n) is 21.4. The highest BCUT2D eigenvalue weighted by atomic mass is 32.2. The molecule has 2 amide bonds. The van der Waals surface area contributed by atoms with Gasteiger partial charge in [0.25, 0.3) is 11.8 Å². The molecule has 2 aromatic heterocycles. The number of hydrogen-bond donors (Lipinski definition) is 7. The van der Waals surface area contributed by atoms with Gasteiger partial charge in [-0.1, -0.05) is 40.6 Å². The molecule has 0 bridgehead atoms. The van der Waals surface area contributed by atoms with Crippen molar-refractivity contribution in [2.75, 3.05) is 63.2 Å². The summed E-state index contributed by atoms with van der Waals surface area (Å²) in [5.74, 6) is -3.81. The van der Waals surface area contributed by atoms with E-state index in [2.05, 4.69) is 20.9 Å². The average molecular weight is 1040 g/mol. The Balaban J connectivity index is 0.000000243. The van der Waals surface area contributed by atoms with E-state index in [-0.39, 0.29) is 110 Å². The number of nitrogens with zero attached hydrogens (tertiary/aromatic N) is 6. The van der Waals surface area contributed by atoms with Gasteiger partial charge in [-0.2, -0.15) is 19.1 Å². The number of carboxylic acids is 1. The zero-order valence-electron chi connectivity index (χ0n) is 37.9. The first kappa shape index (κ1) is 53.9. The number of aliphatic hydroxyl groups is 4. The van der Waals surface area contributed by atoms with Crippen molar-refractivity contribution in [2.45, 2.75) is 16.4 Å². The number of aromatic nitrogens is 2. The van der Waals surface area contributed by atoms with Crippen molar-refractivity contribution in [1.82, 2.24) is 18.9 Å². The van der Waals surface area contributed by atoms with Gasteiger partial charge in [-0.25, -0.2) is 26.4 Å². The van der Waals surface area contributed by atoms with E-state index in [0.29, 0.717) is 0 Å². The van der Waals surface area contributed by atoms with Crippen molar-refractivity contribution in [1.29, 1.82) is 10.5 Å². The predicted molar refractivity (Wildman–Crippen MR) is 255 cm³/mol. The molecule has 0 saturated carbocycles. The van der Waals surface area contributed by atoms with Crippen LogP contribution in [0.2, 0.25) is 0 Å². The molecule has 0 radical (unpaired) electrons. The van der Waals surface area contributed by atoms with Gasteiger partial charge in [-0.3, -0.25) is 9.59 Å². The van der Waals surface area contributed by atoms with Gasteiger partial charge in [0, 0.05) is 26.2 Å². The third kappa shape index (κ3) is 12.5. The number of nitriles is 2. The summed E-state index contributed by atoms with van der Waals surface area (Å²) in [6.07, 6.45) is 0. The minimum absolute atomic E-state index is 0.0292. The van der Waals surface area contributed by atoms with Crippen molar-refractivity contribution in [3.63, 3.8) is 0 Å². The maximum atomic E-state index is 13.2. The highest BCUT2D eigenvalue weighted by Gasteiger charge is 2.29. The van der Waals surface area contributed by atoms with Crippen LogP contribution in [0.5, 0.6) is 0 Å². The topological polar surface area (TPSA) is 377 Å². The molecule has 0 atom stereocenters. The second-order valence-electron chi connectivity index (χ2n) is 15.1. The normalized spacial score (nSPS) is 11.4. The van der Waals surface area contributed by atoms with Gasteiger partial charge in [0.2, 0.25) is 20.0 Å². The standard InChI is InChI=1S/C27H24N4O8S.C20H18N4O8S/c28-16-19-6-8-23(21(14-19)27(35)38-17-18-4-2-1-3-5-18)29-26(34)25-22-15-20(7-9-24(22)39-30-25)40(36,37)31(10-12-32)11-13-33;21-11-12-1-3-16(14(9-12)20(28)29)22-19(27)18-15-10-13(2-4-17(15)32-23-18)33(30,31)24(5-7-25)6-8-26/h1-9,14-15,32-33H,10-13,17H2,(H,29,34);1-4,9-10,25-26H,5-8H2,(H,22,27)(H,28,29). The molecule has 26 heteroatoms. The second kappa shape index (κ2) is 24.1. The zero-order valence-corrected chi connectivity index (χ0v) is 39.5. The molecule has 0 aliphatic carbocycles. The fourth-order valence-electron chi connectivity index (χ4n) is 6.89. The number of sulfonamides is 2. The van der Waals surface area contributed by atoms with E-state index in [1.54, 1.807) is 30.3 Å². The lowest BCUT2D eigenvalue weighted by molar-refractivity contribution is 0.0473. The molecule has 7 aromatic rings. The summed E-state index contributed by atoms with van der Waals surface area (Å²) in [5.41, 5.74) is 0.246. The number of fused-ring (bicyclic) bond motifs is 2. The molecular formula is C47H42N8O16S2. The Labute approximate surface area is 414 Å². The highest BCUT2D eigenvalue weighted by Crippen LogP contribution is 2.29. The SMILES string of the molecule is N#Cc1ccc(NC(=O)c2noc3ccc(S(=O)(=O)N(CCO)CCO)cc23)c(C(=O)O)c1.N#Cc1ccc(NC(=O)c2noc3ccc(S(=O)(=O)N(CCO)CCO)cc23)c(C(=O)OCc2ccccc2)c1. The van der Waals surface area contributed by atoms with Crippen LogP contribution >= 0.6 is 0 Å². The number of carbonyl (C=O) groups is 4. The highest BCUT2D eigenvalue weighted by molar-refractivity contribution is 7.89. The number of nitrogens with one attached hydrogen (secondary N) is 2. The van der Waals surface area contributed by atoms with Crippen LogP contribution in [0.15, 0.2) is 122 Å². The maximum Gasteiger partial charge on any atom is 0.340 e. The van der Waals surface area contributed by atoms with Gasteiger partial charge in [0.05, 0.1) is 92.8 Å². The number of amides is 2. The number of esters is 1. The number of anilines is 2. The molecule has 0 saturated heterocycles. The summed E-state index contributed by atoms with van der Waals surface area (Å²) >= 11 is 0. The minimum Gasteiger partial charge on any atom is -0.478 e. The van der Waals surface area contributed by atoms with Crippen molar-refractivity contribution in [2.24, 2.45) is 0 Å². The van der Waals surface area contributed by atoms with Crippen LogP contribution in [-0.2, 0) is 31.4 Å². The number of rotatable bonds is 20. The summed E-state index contributed by atoms with van der Waals surface area (Å²) in [6, 6.07) is 27.9. The maximum absolute atomic E-state index is 13.2. The molecular weight excluding hydrogens is 997 g/mol.